The fraction of sp³-hybridized carbons (Fsp3) is 0.974. The Morgan fingerprint density at radius 3 is 1.05 bits per heavy atom. The van der Waals surface area contributed by atoms with Gasteiger partial charge in [-0.05, 0) is 18.8 Å². The standard InChI is InChI=1S/C39H80NO2P/c1-6-8-10-12-14-16-18-20-21-22-23-25-27-29-31-33-35-38(39(41)43-42-37-36-40(3,4)5)34-32-30-28-26-24-19-17-15-13-11-9-7-2/h38H,6-37H2,1-5H3. The van der Waals surface area contributed by atoms with Gasteiger partial charge in [-0.3, -0.25) is 0 Å². The lowest BCUT2D eigenvalue weighted by molar-refractivity contribution is -0.870. The van der Waals surface area contributed by atoms with Crippen molar-refractivity contribution in [1.29, 1.82) is 0 Å². The molecule has 0 aromatic heterocycles. The molecule has 0 radical (unpaired) electrons. The second kappa shape index (κ2) is 33.4. The van der Waals surface area contributed by atoms with E-state index in [0.29, 0.717) is 20.5 Å². The highest BCUT2D eigenvalue weighted by Gasteiger charge is 2.10. The molecule has 1 atom stereocenters. The van der Waals surface area contributed by atoms with Gasteiger partial charge in [-0.25, -0.2) is 0 Å². The van der Waals surface area contributed by atoms with Gasteiger partial charge in [-0.2, -0.15) is 0 Å². The molecule has 0 amide bonds. The van der Waals surface area contributed by atoms with Crippen molar-refractivity contribution >= 4 is 13.9 Å². The fourth-order valence-corrected chi connectivity index (χ4v) is 6.77. The highest BCUT2D eigenvalue weighted by atomic mass is 31.1. The van der Waals surface area contributed by atoms with Gasteiger partial charge in [0, 0.05) is 8.43 Å². The lowest BCUT2D eigenvalue weighted by Gasteiger charge is -2.25. The van der Waals surface area contributed by atoms with Gasteiger partial charge in [0.2, 0.25) is 0 Å². The largest absolute Gasteiger partial charge is 0.825 e. The van der Waals surface area contributed by atoms with Crippen molar-refractivity contribution in [2.75, 3.05) is 34.3 Å². The summed E-state index contributed by atoms with van der Waals surface area (Å²) < 4.78 is 6.69. The number of nitrogens with zero attached hydrogens (tertiary/aromatic N) is 1. The normalized spacial score (nSPS) is 13.2. The molecule has 0 aliphatic heterocycles. The summed E-state index contributed by atoms with van der Waals surface area (Å²) in [6.07, 6.45) is 41.0. The summed E-state index contributed by atoms with van der Waals surface area (Å²) in [5, 5.41) is 13.0. The van der Waals surface area contributed by atoms with Crippen molar-refractivity contribution < 1.29 is 14.1 Å². The van der Waals surface area contributed by atoms with Crippen LogP contribution in [0.5, 0.6) is 0 Å². The topological polar surface area (TPSA) is 32.3 Å². The van der Waals surface area contributed by atoms with Crippen LogP contribution in [0.1, 0.15) is 206 Å². The minimum Gasteiger partial charge on any atom is -0.825 e. The Hall–Kier alpha value is 0.0500. The zero-order valence-corrected chi connectivity index (χ0v) is 31.3. The first-order valence-corrected chi connectivity index (χ1v) is 20.4. The van der Waals surface area contributed by atoms with Gasteiger partial charge in [0.05, 0.1) is 21.1 Å². The maximum absolute atomic E-state index is 13.0. The number of hydrogen-bond donors (Lipinski definition) is 0. The molecule has 0 N–H and O–H groups in total. The molecule has 0 heterocycles. The third kappa shape index (κ3) is 34.8. The van der Waals surface area contributed by atoms with Crippen LogP contribution >= 0.6 is 8.43 Å². The Bertz CT molecular complexity index is 574. The summed E-state index contributed by atoms with van der Waals surface area (Å²) in [5.74, 6) is 0.209. The molecule has 0 spiro atoms. The first-order chi connectivity index (χ1) is 20.9. The van der Waals surface area contributed by atoms with Crippen molar-refractivity contribution in [2.45, 2.75) is 206 Å². The maximum Gasteiger partial charge on any atom is 0.106 e. The maximum atomic E-state index is 13.0. The van der Waals surface area contributed by atoms with Crippen molar-refractivity contribution in [1.82, 2.24) is 0 Å². The van der Waals surface area contributed by atoms with Gasteiger partial charge in [0.1, 0.15) is 13.2 Å². The predicted octanol–water partition coefficient (Wildman–Crippen LogP) is 12.4. The van der Waals surface area contributed by atoms with Gasteiger partial charge >= 0.3 is 0 Å². The molecule has 0 bridgehead atoms. The van der Waals surface area contributed by atoms with Crippen LogP contribution in [0, 0.1) is 5.92 Å². The van der Waals surface area contributed by atoms with Gasteiger partial charge in [-0.1, -0.05) is 194 Å². The van der Waals surface area contributed by atoms with Crippen LogP contribution in [-0.2, 0) is 4.52 Å². The van der Waals surface area contributed by atoms with Crippen LogP contribution < -0.4 is 5.11 Å². The number of likely N-dealkylation sites (N-methyl/N-ethyl adjacent to an activating group) is 1. The number of hydrogen-bond acceptors (Lipinski definition) is 2. The van der Waals surface area contributed by atoms with Crippen LogP contribution in [0.2, 0.25) is 0 Å². The van der Waals surface area contributed by atoms with Crippen molar-refractivity contribution in [2.24, 2.45) is 5.92 Å². The molecule has 1 unspecified atom stereocenters. The highest BCUT2D eigenvalue weighted by Crippen LogP contribution is 2.23. The number of quaternary nitrogens is 1. The van der Waals surface area contributed by atoms with E-state index in [4.69, 9.17) is 4.52 Å². The second-order valence-corrected chi connectivity index (χ2v) is 15.6. The SMILES string of the molecule is CCCCCCCCCCCCCCCCCCC(CCCCCCCCCCCCCC)C([O-])=POCC[N+](C)(C)C. The molecule has 0 saturated heterocycles. The average molecular weight is 626 g/mol. The molecule has 3 nitrogen and oxygen atoms in total. The fourth-order valence-electron chi connectivity index (χ4n) is 6.06. The quantitative estimate of drug-likeness (QED) is 0.0399. The summed E-state index contributed by atoms with van der Waals surface area (Å²) >= 11 is 0. The Labute approximate surface area is 274 Å². The first-order valence-electron chi connectivity index (χ1n) is 19.6. The summed E-state index contributed by atoms with van der Waals surface area (Å²) in [5.41, 5.74) is 0.338. The molecule has 258 valence electrons. The van der Waals surface area contributed by atoms with Crippen LogP contribution in [0.4, 0.5) is 0 Å². The van der Waals surface area contributed by atoms with Crippen molar-refractivity contribution in [3.8, 4) is 0 Å². The number of unbranched alkanes of at least 4 members (excludes halogenated alkanes) is 26. The molecule has 0 rings (SSSR count). The molecule has 0 fully saturated rings. The number of rotatable bonds is 35. The highest BCUT2D eigenvalue weighted by molar-refractivity contribution is 7.34. The summed E-state index contributed by atoms with van der Waals surface area (Å²) in [6, 6.07) is 0. The average Bonchev–Trinajstić information content (AvgIpc) is 2.98. The molecule has 4 heteroatoms. The lowest BCUT2D eigenvalue weighted by Crippen LogP contribution is -2.37. The summed E-state index contributed by atoms with van der Waals surface area (Å²) in [6.45, 7) is 6.20. The van der Waals surface area contributed by atoms with Crippen molar-refractivity contribution in [3.63, 3.8) is 0 Å². The summed E-state index contributed by atoms with van der Waals surface area (Å²) in [7, 11) is 7.13. The minimum absolute atomic E-state index is 0.209. The zero-order chi connectivity index (χ0) is 31.7. The van der Waals surface area contributed by atoms with E-state index < -0.39 is 0 Å². The van der Waals surface area contributed by atoms with Gasteiger partial charge < -0.3 is 14.1 Å². The van der Waals surface area contributed by atoms with Gasteiger partial charge in [-0.15, -0.1) is 5.48 Å². The van der Waals surface area contributed by atoms with E-state index >= 15 is 0 Å². The van der Waals surface area contributed by atoms with E-state index in [1.54, 1.807) is 0 Å². The van der Waals surface area contributed by atoms with Crippen LogP contribution in [0.25, 0.3) is 0 Å². The van der Waals surface area contributed by atoms with Crippen LogP contribution in [-0.4, -0.2) is 44.3 Å². The lowest BCUT2D eigenvalue weighted by atomic mass is 9.94. The smallest absolute Gasteiger partial charge is 0.106 e. The predicted molar refractivity (Wildman–Crippen MR) is 194 cm³/mol. The Morgan fingerprint density at radius 2 is 0.767 bits per heavy atom. The van der Waals surface area contributed by atoms with E-state index in [1.807, 2.05) is 0 Å². The van der Waals surface area contributed by atoms with Crippen molar-refractivity contribution in [3.05, 3.63) is 0 Å². The Balaban J connectivity index is 4.02. The van der Waals surface area contributed by atoms with Gasteiger partial charge in [0.15, 0.2) is 0 Å². The van der Waals surface area contributed by atoms with Gasteiger partial charge in [0.25, 0.3) is 0 Å². The molecular weight excluding hydrogens is 545 g/mol. The molecular formula is C39H80NO2P. The Morgan fingerprint density at radius 1 is 0.488 bits per heavy atom. The molecule has 0 aliphatic rings. The zero-order valence-electron chi connectivity index (χ0n) is 30.4. The summed E-state index contributed by atoms with van der Waals surface area (Å²) in [4.78, 5) is 0. The third-order valence-corrected chi connectivity index (χ3v) is 10.0. The van der Waals surface area contributed by atoms with E-state index in [1.165, 1.54) is 180 Å². The molecule has 0 aromatic carbocycles. The van der Waals surface area contributed by atoms with Crippen LogP contribution in [0.15, 0.2) is 0 Å². The van der Waals surface area contributed by atoms with E-state index in [2.05, 4.69) is 35.0 Å². The first kappa shape index (κ1) is 43.0. The minimum atomic E-state index is 0.209. The second-order valence-electron chi connectivity index (χ2n) is 14.7. The van der Waals surface area contributed by atoms with E-state index in [9.17, 15) is 5.11 Å². The molecule has 0 aliphatic carbocycles. The van der Waals surface area contributed by atoms with E-state index in [0.717, 1.165) is 23.9 Å². The molecule has 43 heavy (non-hydrogen) atoms. The monoisotopic (exact) mass is 626 g/mol. The third-order valence-electron chi connectivity index (χ3n) is 9.17. The van der Waals surface area contributed by atoms with Crippen LogP contribution in [0.3, 0.4) is 0 Å². The Kier molecular flexibility index (Phi) is 33.5. The molecule has 0 saturated carbocycles. The van der Waals surface area contributed by atoms with E-state index in [-0.39, 0.29) is 5.92 Å². The molecule has 0 aromatic rings.